The van der Waals surface area contributed by atoms with Crippen LogP contribution in [0.2, 0.25) is 0 Å². The number of H-pyrrole nitrogens is 1. The molecule has 2 aliphatic rings. The third-order valence-electron chi connectivity index (χ3n) is 7.69. The Morgan fingerprint density at radius 2 is 2.03 bits per heavy atom. The summed E-state index contributed by atoms with van der Waals surface area (Å²) in [5, 5.41) is 12.7. The number of pyridine rings is 1. The Morgan fingerprint density at radius 1 is 1.11 bits per heavy atom. The second-order valence-corrected chi connectivity index (χ2v) is 11.1. The molecular weight excluding hydrogens is 496 g/mol. The monoisotopic (exact) mass is 524 g/mol. The molecule has 1 fully saturated rings. The largest absolute Gasteiger partial charge is 0.340 e. The molecule has 1 saturated heterocycles. The van der Waals surface area contributed by atoms with E-state index in [1.54, 1.807) is 17.7 Å². The van der Waals surface area contributed by atoms with E-state index in [2.05, 4.69) is 52.4 Å². The van der Waals surface area contributed by atoms with E-state index in [0.29, 0.717) is 5.91 Å². The fourth-order valence-corrected chi connectivity index (χ4v) is 6.95. The van der Waals surface area contributed by atoms with Crippen molar-refractivity contribution in [2.75, 3.05) is 31.5 Å². The first-order chi connectivity index (χ1) is 18.7. The van der Waals surface area contributed by atoms with Gasteiger partial charge in [0, 0.05) is 60.8 Å². The molecule has 0 bridgehead atoms. The summed E-state index contributed by atoms with van der Waals surface area (Å²) in [6, 6.07) is 12.1. The summed E-state index contributed by atoms with van der Waals surface area (Å²) in [6.07, 6.45) is 7.79. The van der Waals surface area contributed by atoms with Gasteiger partial charge in [0.1, 0.15) is 17.0 Å². The van der Waals surface area contributed by atoms with Crippen LogP contribution in [0.1, 0.15) is 22.6 Å². The van der Waals surface area contributed by atoms with Gasteiger partial charge >= 0.3 is 0 Å². The fraction of sp³-hybridized carbons (Fsp3) is 0.321. The molecule has 1 aliphatic carbocycles. The molecule has 1 amide bonds. The minimum atomic E-state index is 0.0331. The Morgan fingerprint density at radius 3 is 2.89 bits per heavy atom. The molecule has 1 atom stereocenters. The van der Waals surface area contributed by atoms with Gasteiger partial charge in [-0.3, -0.25) is 19.8 Å². The second-order valence-electron chi connectivity index (χ2n) is 10.1. The minimum Gasteiger partial charge on any atom is -0.340 e. The fourth-order valence-electron chi connectivity index (χ4n) is 5.68. The Balaban J connectivity index is 1.05. The first kappa shape index (κ1) is 23.2. The summed E-state index contributed by atoms with van der Waals surface area (Å²) in [5.74, 6) is 1.15. The van der Waals surface area contributed by atoms with E-state index >= 15 is 0 Å². The van der Waals surface area contributed by atoms with Gasteiger partial charge in [-0.1, -0.05) is 6.07 Å². The van der Waals surface area contributed by atoms with Crippen molar-refractivity contribution < 1.29 is 4.79 Å². The van der Waals surface area contributed by atoms with Gasteiger partial charge in [0.15, 0.2) is 0 Å². The second kappa shape index (κ2) is 9.77. The lowest BCUT2D eigenvalue weighted by Crippen LogP contribution is -2.50. The Labute approximate surface area is 223 Å². The number of thiophene rings is 1. The average Bonchev–Trinajstić information content (AvgIpc) is 3.58. The molecule has 38 heavy (non-hydrogen) atoms. The van der Waals surface area contributed by atoms with Crippen molar-refractivity contribution in [1.82, 2.24) is 34.9 Å². The van der Waals surface area contributed by atoms with Gasteiger partial charge in [-0.15, -0.1) is 11.3 Å². The number of hydrogen-bond acceptors (Lipinski definition) is 8. The lowest BCUT2D eigenvalue weighted by Gasteiger charge is -2.37. The van der Waals surface area contributed by atoms with Crippen molar-refractivity contribution in [3.63, 3.8) is 0 Å². The third kappa shape index (κ3) is 4.39. The highest BCUT2D eigenvalue weighted by Gasteiger charge is 2.33. The Bertz CT molecular complexity index is 1610. The van der Waals surface area contributed by atoms with E-state index in [0.717, 1.165) is 90.3 Å². The van der Waals surface area contributed by atoms with Gasteiger partial charge in [0.2, 0.25) is 5.91 Å². The molecule has 5 aromatic rings. The summed E-state index contributed by atoms with van der Waals surface area (Å²) in [7, 11) is 0. The van der Waals surface area contributed by atoms with Crippen LogP contribution in [-0.2, 0) is 24.2 Å². The number of amides is 1. The van der Waals surface area contributed by atoms with Crippen molar-refractivity contribution in [1.29, 1.82) is 0 Å². The predicted molar refractivity (Wildman–Crippen MR) is 148 cm³/mol. The van der Waals surface area contributed by atoms with E-state index in [1.807, 2.05) is 36.7 Å². The number of carbonyl (C=O) groups excluding carboxylic acids is 1. The van der Waals surface area contributed by atoms with Gasteiger partial charge in [-0.2, -0.15) is 5.10 Å². The Kier molecular flexibility index (Phi) is 5.98. The van der Waals surface area contributed by atoms with Crippen molar-refractivity contribution >= 4 is 49.9 Å². The van der Waals surface area contributed by atoms with Crippen molar-refractivity contribution in [3.05, 3.63) is 71.3 Å². The van der Waals surface area contributed by atoms with E-state index in [1.165, 1.54) is 10.4 Å². The lowest BCUT2D eigenvalue weighted by atomic mass is 9.86. The lowest BCUT2D eigenvalue weighted by molar-refractivity contribution is -0.137. The number of rotatable bonds is 5. The molecule has 2 N–H and O–H groups in total. The van der Waals surface area contributed by atoms with Crippen LogP contribution in [0.25, 0.3) is 21.1 Å². The molecule has 1 aromatic carbocycles. The smallest absolute Gasteiger partial charge is 0.226 e. The predicted octanol–water partition coefficient (Wildman–Crippen LogP) is 4.16. The maximum absolute atomic E-state index is 13.5. The topological polar surface area (TPSA) is 103 Å². The highest BCUT2D eigenvalue weighted by molar-refractivity contribution is 7.19. The first-order valence-corrected chi connectivity index (χ1v) is 13.9. The number of benzene rings is 1. The number of aromatic amines is 1. The zero-order valence-electron chi connectivity index (χ0n) is 20.9. The highest BCUT2D eigenvalue weighted by atomic mass is 32.1. The number of carbonyl (C=O) groups is 1. The van der Waals surface area contributed by atoms with Crippen LogP contribution in [0.4, 0.5) is 11.5 Å². The number of piperazine rings is 1. The number of nitrogens with zero attached hydrogens (tertiary/aromatic N) is 6. The summed E-state index contributed by atoms with van der Waals surface area (Å²) in [6.45, 7) is 4.17. The van der Waals surface area contributed by atoms with E-state index in [-0.39, 0.29) is 5.92 Å². The third-order valence-corrected chi connectivity index (χ3v) is 8.86. The van der Waals surface area contributed by atoms with Crippen LogP contribution >= 0.6 is 11.3 Å². The molecule has 0 spiro atoms. The van der Waals surface area contributed by atoms with Gasteiger partial charge in [-0.25, -0.2) is 9.97 Å². The zero-order valence-corrected chi connectivity index (χ0v) is 21.7. The molecule has 9 nitrogen and oxygen atoms in total. The SMILES string of the molecule is O=C(C1CCc2c(sc3ncnc(Nc4ccc5[nH]ncc5c4)c23)C1)N1CCN(Cc2ccccn2)CC1. The van der Waals surface area contributed by atoms with Gasteiger partial charge in [0.25, 0.3) is 0 Å². The van der Waals surface area contributed by atoms with Gasteiger partial charge < -0.3 is 10.2 Å². The van der Waals surface area contributed by atoms with E-state index in [4.69, 9.17) is 0 Å². The molecule has 0 radical (unpaired) electrons. The number of nitrogens with one attached hydrogen (secondary N) is 2. The van der Waals surface area contributed by atoms with Crippen molar-refractivity contribution in [2.24, 2.45) is 5.92 Å². The average molecular weight is 525 g/mol. The van der Waals surface area contributed by atoms with Crippen LogP contribution < -0.4 is 5.32 Å². The number of aryl methyl sites for hydroxylation is 1. The summed E-state index contributed by atoms with van der Waals surface area (Å²) < 4.78 is 0. The number of fused-ring (bicyclic) bond motifs is 4. The van der Waals surface area contributed by atoms with Crippen LogP contribution in [0, 0.1) is 5.92 Å². The summed E-state index contributed by atoms with van der Waals surface area (Å²) in [4.78, 5) is 33.8. The summed E-state index contributed by atoms with van der Waals surface area (Å²) >= 11 is 1.71. The van der Waals surface area contributed by atoms with Crippen LogP contribution in [-0.4, -0.2) is 67.0 Å². The standard InChI is InChI=1S/C28H28N8OS/c37-28(36-11-9-35(10-12-36)16-21-3-1-2-8-29-21)18-4-6-22-24(14-18)38-27-25(22)26(30-17-31-27)33-20-5-7-23-19(13-20)15-32-34-23/h1-3,5,7-8,13,15,17-18H,4,6,9-12,14,16H2,(H,32,34)(H,30,31,33). The molecule has 7 rings (SSSR count). The first-order valence-electron chi connectivity index (χ1n) is 13.1. The molecule has 5 heterocycles. The zero-order chi connectivity index (χ0) is 25.5. The van der Waals surface area contributed by atoms with Crippen molar-refractivity contribution in [2.45, 2.75) is 25.8 Å². The highest BCUT2D eigenvalue weighted by Crippen LogP contribution is 2.41. The normalized spacial score (nSPS) is 18.1. The number of aromatic nitrogens is 5. The maximum atomic E-state index is 13.5. The quantitative estimate of drug-likeness (QED) is 0.356. The minimum absolute atomic E-state index is 0.0331. The van der Waals surface area contributed by atoms with E-state index < -0.39 is 0 Å². The molecule has 192 valence electrons. The van der Waals surface area contributed by atoms with Gasteiger partial charge in [0.05, 0.1) is 22.8 Å². The molecule has 4 aromatic heterocycles. The number of anilines is 2. The number of hydrogen-bond donors (Lipinski definition) is 2. The van der Waals surface area contributed by atoms with Crippen LogP contribution in [0.3, 0.4) is 0 Å². The van der Waals surface area contributed by atoms with Crippen molar-refractivity contribution in [3.8, 4) is 0 Å². The molecule has 0 saturated carbocycles. The maximum Gasteiger partial charge on any atom is 0.226 e. The Hall–Kier alpha value is -3.89. The summed E-state index contributed by atoms with van der Waals surface area (Å²) in [5.41, 5.74) is 4.34. The molecular formula is C28H28N8OS. The molecule has 1 unspecified atom stereocenters. The molecule has 1 aliphatic heterocycles. The van der Waals surface area contributed by atoms with Gasteiger partial charge in [-0.05, 0) is 55.2 Å². The molecule has 10 heteroatoms. The van der Waals surface area contributed by atoms with E-state index in [9.17, 15) is 4.79 Å². The van der Waals surface area contributed by atoms with Crippen LogP contribution in [0.15, 0.2) is 55.1 Å². The van der Waals surface area contributed by atoms with Crippen LogP contribution in [0.5, 0.6) is 0 Å².